The van der Waals surface area contributed by atoms with Crippen molar-refractivity contribution in [1.82, 2.24) is 0 Å². The van der Waals surface area contributed by atoms with Gasteiger partial charge in [-0.05, 0) is 11.3 Å². The third kappa shape index (κ3) is 3.80. The number of carbonyl (C=O) groups excluding carboxylic acids is 1. The summed E-state index contributed by atoms with van der Waals surface area (Å²) in [6, 6.07) is 1.91. The van der Waals surface area contributed by atoms with Gasteiger partial charge in [-0.1, -0.05) is 32.6 Å². The maximum atomic E-state index is 14.1. The number of hydrogen-bond acceptors (Lipinski definition) is 4. The number of aliphatic hydroxyl groups excluding tert-OH is 1. The average molecular weight is 397 g/mol. The van der Waals surface area contributed by atoms with Crippen LogP contribution in [0.1, 0.15) is 25.0 Å². The Kier molecular flexibility index (Phi) is 6.30. The molecular formula is C20H19F4NO3. The Bertz CT molecular complexity index is 857. The Morgan fingerprint density at radius 3 is 2.21 bits per heavy atom. The largest absolute Gasteiger partial charge is 0.460 e. The molecule has 0 radical (unpaired) electrons. The van der Waals surface area contributed by atoms with Crippen molar-refractivity contribution < 1.29 is 32.2 Å². The molecule has 8 heteroatoms. The number of nitriles is 1. The molecule has 2 atom stereocenters. The molecular weight excluding hydrogens is 378 g/mol. The predicted molar refractivity (Wildman–Crippen MR) is 91.5 cm³/mol. The first kappa shape index (κ1) is 21.6. The van der Waals surface area contributed by atoms with E-state index in [-0.39, 0.29) is 11.5 Å². The molecule has 1 saturated carbocycles. The van der Waals surface area contributed by atoms with Gasteiger partial charge in [0, 0.05) is 24.2 Å². The van der Waals surface area contributed by atoms with Crippen molar-refractivity contribution >= 4 is 5.97 Å². The van der Waals surface area contributed by atoms with Gasteiger partial charge in [0.15, 0.2) is 23.3 Å². The molecule has 0 aliphatic heterocycles. The summed E-state index contributed by atoms with van der Waals surface area (Å²) in [5, 5.41) is 17.7. The quantitative estimate of drug-likeness (QED) is 0.250. The zero-order chi connectivity index (χ0) is 21.2. The van der Waals surface area contributed by atoms with E-state index >= 15 is 0 Å². The van der Waals surface area contributed by atoms with Crippen LogP contribution in [0.3, 0.4) is 0 Å². The Balaban J connectivity index is 2.19. The molecule has 0 saturated heterocycles. The highest BCUT2D eigenvalue weighted by molar-refractivity contribution is 5.78. The Hall–Kier alpha value is -2.66. The van der Waals surface area contributed by atoms with Gasteiger partial charge in [0.1, 0.15) is 6.61 Å². The molecule has 0 aromatic heterocycles. The summed E-state index contributed by atoms with van der Waals surface area (Å²) < 4.78 is 60.9. The fourth-order valence-corrected chi connectivity index (χ4v) is 3.20. The minimum atomic E-state index is -1.67. The van der Waals surface area contributed by atoms with Gasteiger partial charge in [-0.2, -0.15) is 5.26 Å². The summed E-state index contributed by atoms with van der Waals surface area (Å²) >= 11 is 0. The smallest absolute Gasteiger partial charge is 0.310 e. The molecule has 28 heavy (non-hydrogen) atoms. The lowest BCUT2D eigenvalue weighted by Crippen LogP contribution is -2.15. The van der Waals surface area contributed by atoms with Crippen molar-refractivity contribution in [2.45, 2.75) is 26.9 Å². The van der Waals surface area contributed by atoms with Crippen LogP contribution >= 0.6 is 0 Å². The van der Waals surface area contributed by atoms with E-state index in [4.69, 9.17) is 15.1 Å². The Morgan fingerprint density at radius 1 is 1.21 bits per heavy atom. The molecule has 4 nitrogen and oxygen atoms in total. The topological polar surface area (TPSA) is 70.3 Å². The van der Waals surface area contributed by atoms with E-state index in [9.17, 15) is 22.4 Å². The van der Waals surface area contributed by atoms with E-state index in [1.165, 1.54) is 6.08 Å². The van der Waals surface area contributed by atoms with Crippen molar-refractivity contribution in [2.75, 3.05) is 6.61 Å². The van der Waals surface area contributed by atoms with Gasteiger partial charge in [0.25, 0.3) is 0 Å². The third-order valence-electron chi connectivity index (χ3n) is 5.04. The van der Waals surface area contributed by atoms with E-state index in [1.807, 2.05) is 6.07 Å². The Morgan fingerprint density at radius 2 is 1.75 bits per heavy atom. The summed E-state index contributed by atoms with van der Waals surface area (Å²) in [6.45, 7) is 5.31. The number of esters is 1. The molecule has 1 fully saturated rings. The number of benzene rings is 1. The molecule has 1 aromatic rings. The summed E-state index contributed by atoms with van der Waals surface area (Å²) in [5.74, 6) is -8.41. The van der Waals surface area contributed by atoms with Crippen LogP contribution in [-0.4, -0.2) is 17.7 Å². The van der Waals surface area contributed by atoms with Crippen molar-refractivity contribution in [3.8, 4) is 6.07 Å². The van der Waals surface area contributed by atoms with Crippen molar-refractivity contribution in [3.63, 3.8) is 0 Å². The standard InChI is InChI=1S/C20H19F4NO3/c1-4-10(8-25)7-13-14(20(13,2)3)19(27)28-9-12-17(23)15(21)11(5-6-26)16(22)18(12)24/h4,7,13-14,26H,1,5-6,9H2,2-3H3/t13-,14+/m1/s1. The summed E-state index contributed by atoms with van der Waals surface area (Å²) in [6.07, 6.45) is 2.30. The maximum absolute atomic E-state index is 14.1. The van der Waals surface area contributed by atoms with Gasteiger partial charge in [-0.3, -0.25) is 4.79 Å². The fraction of sp³-hybridized carbons (Fsp3) is 0.400. The number of rotatable bonds is 7. The van der Waals surface area contributed by atoms with Gasteiger partial charge in [-0.25, -0.2) is 17.6 Å². The minimum absolute atomic E-state index is 0.272. The first-order valence-corrected chi connectivity index (χ1v) is 8.47. The monoisotopic (exact) mass is 397 g/mol. The average Bonchev–Trinajstić information content (AvgIpc) is 3.21. The second-order valence-corrected chi connectivity index (χ2v) is 7.06. The molecule has 150 valence electrons. The third-order valence-corrected chi connectivity index (χ3v) is 5.04. The second-order valence-electron chi connectivity index (χ2n) is 7.06. The van der Waals surface area contributed by atoms with Crippen molar-refractivity contribution in [1.29, 1.82) is 5.26 Å². The van der Waals surface area contributed by atoms with Crippen LogP contribution in [-0.2, 0) is 22.6 Å². The van der Waals surface area contributed by atoms with Gasteiger partial charge >= 0.3 is 5.97 Å². The molecule has 1 aliphatic rings. The van der Waals surface area contributed by atoms with Crippen LogP contribution in [0.5, 0.6) is 0 Å². The lowest BCUT2D eigenvalue weighted by molar-refractivity contribution is -0.147. The zero-order valence-electron chi connectivity index (χ0n) is 15.4. The number of allylic oxidation sites excluding steroid dienone is 3. The van der Waals surface area contributed by atoms with Gasteiger partial charge in [0.05, 0.1) is 17.6 Å². The number of halogens is 4. The Labute approximate surface area is 159 Å². The highest BCUT2D eigenvalue weighted by atomic mass is 19.2. The molecule has 0 spiro atoms. The molecule has 1 aliphatic carbocycles. The van der Waals surface area contributed by atoms with Crippen LogP contribution in [0.2, 0.25) is 0 Å². The predicted octanol–water partition coefficient (Wildman–Crippen LogP) is 3.73. The summed E-state index contributed by atoms with van der Waals surface area (Å²) in [7, 11) is 0. The van der Waals surface area contributed by atoms with E-state index in [2.05, 4.69) is 6.58 Å². The molecule has 1 N–H and O–H groups in total. The van der Waals surface area contributed by atoms with E-state index in [1.54, 1.807) is 19.9 Å². The van der Waals surface area contributed by atoms with Gasteiger partial charge < -0.3 is 9.84 Å². The molecule has 0 amide bonds. The number of aliphatic hydroxyl groups is 1. The summed E-state index contributed by atoms with van der Waals surface area (Å²) in [5.41, 5.74) is -2.23. The fourth-order valence-electron chi connectivity index (χ4n) is 3.20. The molecule has 1 aromatic carbocycles. The van der Waals surface area contributed by atoms with Crippen molar-refractivity contribution in [2.24, 2.45) is 17.3 Å². The number of nitrogens with zero attached hydrogens (tertiary/aromatic N) is 1. The van der Waals surface area contributed by atoms with Crippen LogP contribution in [0.15, 0.2) is 24.3 Å². The van der Waals surface area contributed by atoms with E-state index in [0.29, 0.717) is 0 Å². The van der Waals surface area contributed by atoms with Crippen LogP contribution in [0.25, 0.3) is 0 Å². The van der Waals surface area contributed by atoms with Crippen LogP contribution in [0, 0.1) is 51.9 Å². The summed E-state index contributed by atoms with van der Waals surface area (Å²) in [4.78, 5) is 12.3. The highest BCUT2D eigenvalue weighted by Gasteiger charge is 2.61. The van der Waals surface area contributed by atoms with Gasteiger partial charge in [-0.15, -0.1) is 0 Å². The zero-order valence-corrected chi connectivity index (χ0v) is 15.4. The highest BCUT2D eigenvalue weighted by Crippen LogP contribution is 2.60. The maximum Gasteiger partial charge on any atom is 0.310 e. The molecule has 2 rings (SSSR count). The number of carbonyl (C=O) groups is 1. The van der Waals surface area contributed by atoms with Crippen molar-refractivity contribution in [3.05, 3.63) is 58.7 Å². The number of hydrogen-bond donors (Lipinski definition) is 1. The molecule has 0 heterocycles. The second kappa shape index (κ2) is 8.15. The first-order chi connectivity index (χ1) is 13.1. The normalized spacial score (nSPS) is 20.4. The van der Waals surface area contributed by atoms with E-state index in [0.717, 1.165) is 0 Å². The molecule has 0 unspecified atom stereocenters. The molecule has 0 bridgehead atoms. The number of ether oxygens (including phenoxy) is 1. The van der Waals surface area contributed by atoms with Gasteiger partial charge in [0.2, 0.25) is 0 Å². The first-order valence-electron chi connectivity index (χ1n) is 8.47. The van der Waals surface area contributed by atoms with Crippen LogP contribution in [0.4, 0.5) is 17.6 Å². The lowest BCUT2D eigenvalue weighted by Gasteiger charge is -2.12. The minimum Gasteiger partial charge on any atom is -0.460 e. The lowest BCUT2D eigenvalue weighted by atomic mass is 10.1. The van der Waals surface area contributed by atoms with Crippen LogP contribution < -0.4 is 0 Å². The van der Waals surface area contributed by atoms with E-state index < -0.39 is 71.3 Å². The SMILES string of the molecule is C=CC(C#N)=C[C@@H]1[C@@H](C(=O)OCc2c(F)c(F)c(CCO)c(F)c2F)C1(C)C.